The zero-order chi connectivity index (χ0) is 19.9. The summed E-state index contributed by atoms with van der Waals surface area (Å²) < 4.78 is 36.4. The first-order valence-corrected chi connectivity index (χ1v) is 8.83. The van der Waals surface area contributed by atoms with Gasteiger partial charge >= 0.3 is 0 Å². The first-order valence-electron chi connectivity index (χ1n) is 8.83. The number of hydrogen-bond donors (Lipinski definition) is 0. The molecule has 2 aromatic rings. The maximum atomic E-state index is 12.9. The normalized spacial score (nSPS) is 13.9. The molecule has 1 fully saturated rings. The van der Waals surface area contributed by atoms with Crippen molar-refractivity contribution in [3.63, 3.8) is 0 Å². The van der Waals surface area contributed by atoms with Gasteiger partial charge in [-0.2, -0.15) is 0 Å². The fourth-order valence-corrected chi connectivity index (χ4v) is 2.74. The van der Waals surface area contributed by atoms with E-state index >= 15 is 0 Å². The zero-order valence-corrected chi connectivity index (χ0v) is 15.1. The van der Waals surface area contributed by atoms with Crippen molar-refractivity contribution in [1.29, 1.82) is 0 Å². The number of carbonyl (C=O) groups is 2. The molecule has 0 atom stereocenters. The van der Waals surface area contributed by atoms with E-state index in [9.17, 15) is 18.4 Å². The molecule has 0 bridgehead atoms. The average Bonchev–Trinajstić information content (AvgIpc) is 2.72. The van der Waals surface area contributed by atoms with Crippen molar-refractivity contribution in [2.75, 3.05) is 39.4 Å². The molecule has 0 N–H and O–H groups in total. The van der Waals surface area contributed by atoms with Crippen LogP contribution in [-0.4, -0.2) is 61.0 Å². The molecule has 0 saturated carbocycles. The molecule has 6 nitrogen and oxygen atoms in total. The molecule has 0 aromatic heterocycles. The van der Waals surface area contributed by atoms with Crippen LogP contribution in [0.15, 0.2) is 48.5 Å². The van der Waals surface area contributed by atoms with Crippen molar-refractivity contribution in [1.82, 2.24) is 9.80 Å². The number of hydrogen-bond acceptors (Lipinski definition) is 4. The molecule has 2 amide bonds. The molecule has 1 heterocycles. The third kappa shape index (κ3) is 5.42. The van der Waals surface area contributed by atoms with Gasteiger partial charge in [0.1, 0.15) is 23.1 Å². The largest absolute Gasteiger partial charge is 0.484 e. The summed E-state index contributed by atoms with van der Waals surface area (Å²) in [6.07, 6.45) is 0. The van der Waals surface area contributed by atoms with Crippen molar-refractivity contribution in [3.8, 4) is 11.5 Å². The molecule has 0 unspecified atom stereocenters. The summed E-state index contributed by atoms with van der Waals surface area (Å²) in [5.74, 6) is -0.299. The van der Waals surface area contributed by atoms with E-state index in [-0.39, 0.29) is 36.7 Å². The average molecular weight is 390 g/mol. The van der Waals surface area contributed by atoms with Crippen molar-refractivity contribution >= 4 is 11.8 Å². The molecule has 2 aromatic carbocycles. The smallest absolute Gasteiger partial charge is 0.260 e. The van der Waals surface area contributed by atoms with E-state index in [4.69, 9.17) is 9.47 Å². The predicted molar refractivity (Wildman–Crippen MR) is 97.0 cm³/mol. The fourth-order valence-electron chi connectivity index (χ4n) is 2.74. The lowest BCUT2D eigenvalue weighted by Crippen LogP contribution is -2.52. The van der Waals surface area contributed by atoms with Gasteiger partial charge in [-0.25, -0.2) is 8.78 Å². The number of carbonyl (C=O) groups excluding carboxylic acids is 2. The summed E-state index contributed by atoms with van der Waals surface area (Å²) in [4.78, 5) is 27.7. The van der Waals surface area contributed by atoms with Crippen LogP contribution >= 0.6 is 0 Å². The van der Waals surface area contributed by atoms with Crippen LogP contribution in [0.25, 0.3) is 0 Å². The molecular formula is C20H20F2N2O4. The van der Waals surface area contributed by atoms with Crippen LogP contribution in [0.4, 0.5) is 8.78 Å². The Kier molecular flexibility index (Phi) is 6.41. The van der Waals surface area contributed by atoms with Gasteiger partial charge in [-0.3, -0.25) is 9.59 Å². The van der Waals surface area contributed by atoms with E-state index in [0.29, 0.717) is 37.7 Å². The Morgan fingerprint density at radius 3 is 1.32 bits per heavy atom. The summed E-state index contributed by atoms with van der Waals surface area (Å²) in [5, 5.41) is 0. The highest BCUT2D eigenvalue weighted by Crippen LogP contribution is 2.13. The number of amides is 2. The van der Waals surface area contributed by atoms with E-state index in [1.807, 2.05) is 0 Å². The van der Waals surface area contributed by atoms with E-state index < -0.39 is 0 Å². The van der Waals surface area contributed by atoms with Gasteiger partial charge in [-0.1, -0.05) is 0 Å². The number of ether oxygens (including phenoxy) is 2. The minimum absolute atomic E-state index is 0.146. The lowest BCUT2D eigenvalue weighted by atomic mass is 10.3. The van der Waals surface area contributed by atoms with E-state index in [1.165, 1.54) is 48.5 Å². The summed E-state index contributed by atoms with van der Waals surface area (Å²) in [5.41, 5.74) is 0. The molecule has 1 aliphatic heterocycles. The van der Waals surface area contributed by atoms with Crippen molar-refractivity contribution < 1.29 is 27.8 Å². The van der Waals surface area contributed by atoms with Crippen LogP contribution in [0.5, 0.6) is 11.5 Å². The van der Waals surface area contributed by atoms with Crippen LogP contribution in [0.1, 0.15) is 0 Å². The molecule has 1 saturated heterocycles. The maximum absolute atomic E-state index is 12.9. The molecule has 8 heteroatoms. The van der Waals surface area contributed by atoms with Crippen molar-refractivity contribution in [2.45, 2.75) is 0 Å². The fraction of sp³-hybridized carbons (Fsp3) is 0.300. The molecule has 0 aliphatic carbocycles. The van der Waals surface area contributed by atoms with Gasteiger partial charge in [0, 0.05) is 26.2 Å². The predicted octanol–water partition coefficient (Wildman–Crippen LogP) is 2.09. The second-order valence-electron chi connectivity index (χ2n) is 6.25. The minimum atomic E-state index is -0.372. The second-order valence-corrected chi connectivity index (χ2v) is 6.25. The Bertz CT molecular complexity index is 734. The Morgan fingerprint density at radius 2 is 1.00 bits per heavy atom. The van der Waals surface area contributed by atoms with Gasteiger partial charge in [0.2, 0.25) is 0 Å². The highest BCUT2D eigenvalue weighted by Gasteiger charge is 2.24. The van der Waals surface area contributed by atoms with Crippen molar-refractivity contribution in [3.05, 3.63) is 60.2 Å². The Hall–Kier alpha value is -3.16. The Labute approximate surface area is 161 Å². The number of halogens is 2. The molecule has 148 valence electrons. The number of rotatable bonds is 6. The molecule has 3 rings (SSSR count). The molecule has 1 aliphatic rings. The Balaban J connectivity index is 1.39. The standard InChI is InChI=1S/C20H20F2N2O4/c21-15-1-5-17(6-2-15)27-13-19(25)23-9-11-24(12-10-23)20(26)14-28-18-7-3-16(22)4-8-18/h1-8H,9-14H2. The lowest BCUT2D eigenvalue weighted by Gasteiger charge is -2.34. The van der Waals surface area contributed by atoms with Gasteiger partial charge in [-0.05, 0) is 48.5 Å². The van der Waals surface area contributed by atoms with Gasteiger partial charge in [0.25, 0.3) is 11.8 Å². The van der Waals surface area contributed by atoms with E-state index in [0.717, 1.165) is 0 Å². The summed E-state index contributed by atoms with van der Waals surface area (Å²) >= 11 is 0. The molecule has 0 spiro atoms. The highest BCUT2D eigenvalue weighted by molar-refractivity contribution is 5.80. The van der Waals surface area contributed by atoms with E-state index in [2.05, 4.69) is 0 Å². The highest BCUT2D eigenvalue weighted by atomic mass is 19.1. The number of nitrogens with zero attached hydrogens (tertiary/aromatic N) is 2. The topological polar surface area (TPSA) is 59.1 Å². The summed E-state index contributed by atoms with van der Waals surface area (Å²) in [7, 11) is 0. The van der Waals surface area contributed by atoms with Crippen LogP contribution in [0.3, 0.4) is 0 Å². The van der Waals surface area contributed by atoms with Crippen molar-refractivity contribution in [2.24, 2.45) is 0 Å². The van der Waals surface area contributed by atoms with Gasteiger partial charge in [0.15, 0.2) is 13.2 Å². The van der Waals surface area contributed by atoms with Crippen LogP contribution in [0.2, 0.25) is 0 Å². The molecule has 28 heavy (non-hydrogen) atoms. The minimum Gasteiger partial charge on any atom is -0.484 e. The van der Waals surface area contributed by atoms with Gasteiger partial charge < -0.3 is 19.3 Å². The van der Waals surface area contributed by atoms with Crippen LogP contribution < -0.4 is 9.47 Å². The van der Waals surface area contributed by atoms with Gasteiger partial charge in [-0.15, -0.1) is 0 Å². The number of piperazine rings is 1. The maximum Gasteiger partial charge on any atom is 0.260 e. The Morgan fingerprint density at radius 1 is 0.679 bits per heavy atom. The number of benzene rings is 2. The SMILES string of the molecule is O=C(COc1ccc(F)cc1)N1CCN(C(=O)COc2ccc(F)cc2)CC1. The monoisotopic (exact) mass is 390 g/mol. The second kappa shape index (κ2) is 9.16. The zero-order valence-electron chi connectivity index (χ0n) is 15.1. The first-order chi connectivity index (χ1) is 13.5. The third-order valence-electron chi connectivity index (χ3n) is 4.34. The summed E-state index contributed by atoms with van der Waals surface area (Å²) in [6.45, 7) is 1.30. The lowest BCUT2D eigenvalue weighted by molar-refractivity contribution is -0.141. The van der Waals surface area contributed by atoms with Gasteiger partial charge in [0.05, 0.1) is 0 Å². The third-order valence-corrected chi connectivity index (χ3v) is 4.34. The molecule has 0 radical (unpaired) electrons. The quantitative estimate of drug-likeness (QED) is 0.758. The van der Waals surface area contributed by atoms with Crippen LogP contribution in [-0.2, 0) is 9.59 Å². The summed E-state index contributed by atoms with van der Waals surface area (Å²) in [6, 6.07) is 10.9. The van der Waals surface area contributed by atoms with E-state index in [1.54, 1.807) is 9.80 Å². The van der Waals surface area contributed by atoms with Crippen LogP contribution in [0, 0.1) is 11.6 Å². The first kappa shape index (κ1) is 19.6. The molecular weight excluding hydrogens is 370 g/mol.